The number of carbonyl (C=O) groups is 1. The molecule has 0 spiro atoms. The van der Waals surface area contributed by atoms with Crippen LogP contribution in [0.1, 0.15) is 47.0 Å². The third kappa shape index (κ3) is 10.9. The lowest BCUT2D eigenvalue weighted by Gasteiger charge is -2.19. The summed E-state index contributed by atoms with van der Waals surface area (Å²) in [6.07, 6.45) is 2.10. The maximum absolute atomic E-state index is 11.3. The van der Waals surface area contributed by atoms with Crippen LogP contribution in [0.5, 0.6) is 0 Å². The molecule has 0 aromatic rings. The Hall–Kier alpha value is -0.990. The minimum Gasteiger partial charge on any atom is -0.499 e. The molecule has 0 rings (SSSR count). The number of esters is 1. The van der Waals surface area contributed by atoms with Gasteiger partial charge in [0.25, 0.3) is 0 Å². The summed E-state index contributed by atoms with van der Waals surface area (Å²) < 4.78 is 10.3. The molecule has 0 unspecified atom stereocenters. The highest BCUT2D eigenvalue weighted by atomic mass is 16.6. The minimum atomic E-state index is -0.384. The van der Waals surface area contributed by atoms with Crippen LogP contribution in [-0.2, 0) is 14.3 Å². The van der Waals surface area contributed by atoms with Crippen molar-refractivity contribution in [3.8, 4) is 0 Å². The van der Waals surface area contributed by atoms with Crippen LogP contribution >= 0.6 is 0 Å². The molecule has 0 radical (unpaired) electrons. The average molecular weight is 214 g/mol. The van der Waals surface area contributed by atoms with Crippen molar-refractivity contribution in [1.29, 1.82) is 0 Å². The zero-order chi connectivity index (χ0) is 11.9. The van der Waals surface area contributed by atoms with Crippen molar-refractivity contribution < 1.29 is 14.3 Å². The quantitative estimate of drug-likeness (QED) is 0.387. The average Bonchev–Trinajstić information content (AvgIpc) is 1.99. The van der Waals surface area contributed by atoms with Crippen LogP contribution in [0.3, 0.4) is 0 Å². The number of hydrogen-bond donors (Lipinski definition) is 0. The number of hydrogen-bond acceptors (Lipinski definition) is 3. The third-order valence-electron chi connectivity index (χ3n) is 1.54. The maximum atomic E-state index is 11.3. The van der Waals surface area contributed by atoms with Crippen LogP contribution < -0.4 is 0 Å². The first-order valence-electron chi connectivity index (χ1n) is 5.31. The van der Waals surface area contributed by atoms with Gasteiger partial charge in [-0.15, -0.1) is 0 Å². The zero-order valence-electron chi connectivity index (χ0n) is 10.3. The van der Waals surface area contributed by atoms with Crippen LogP contribution in [0.2, 0.25) is 0 Å². The molecule has 0 saturated carbocycles. The Morgan fingerprint density at radius 3 is 2.33 bits per heavy atom. The van der Waals surface area contributed by atoms with Crippen molar-refractivity contribution in [3.63, 3.8) is 0 Å². The second-order valence-corrected chi connectivity index (χ2v) is 4.59. The lowest BCUT2D eigenvalue weighted by atomic mass is 10.2. The SMILES string of the molecule is C=C(C)OCCCCC(=O)OC(C)(C)C. The maximum Gasteiger partial charge on any atom is 0.306 e. The minimum absolute atomic E-state index is 0.141. The molecule has 0 aromatic heterocycles. The molecule has 3 nitrogen and oxygen atoms in total. The molecular formula is C12H22O3. The number of allylic oxidation sites excluding steroid dienone is 1. The van der Waals surface area contributed by atoms with E-state index < -0.39 is 0 Å². The predicted molar refractivity (Wildman–Crippen MR) is 60.5 cm³/mol. The smallest absolute Gasteiger partial charge is 0.306 e. The second kappa shape index (κ2) is 6.49. The topological polar surface area (TPSA) is 35.5 Å². The summed E-state index contributed by atoms with van der Waals surface area (Å²) >= 11 is 0. The Morgan fingerprint density at radius 1 is 1.27 bits per heavy atom. The van der Waals surface area contributed by atoms with Crippen LogP contribution in [0.25, 0.3) is 0 Å². The van der Waals surface area contributed by atoms with Gasteiger partial charge < -0.3 is 9.47 Å². The van der Waals surface area contributed by atoms with Gasteiger partial charge in [-0.3, -0.25) is 4.79 Å². The van der Waals surface area contributed by atoms with Crippen molar-refractivity contribution in [1.82, 2.24) is 0 Å². The van der Waals surface area contributed by atoms with Gasteiger partial charge in [-0.05, 0) is 40.5 Å². The fourth-order valence-electron chi connectivity index (χ4n) is 1.01. The third-order valence-corrected chi connectivity index (χ3v) is 1.54. The van der Waals surface area contributed by atoms with E-state index in [4.69, 9.17) is 9.47 Å². The summed E-state index contributed by atoms with van der Waals surface area (Å²) in [4.78, 5) is 11.3. The Balaban J connectivity index is 3.44. The standard InChI is InChI=1S/C12H22O3/c1-10(2)14-9-7-6-8-11(13)15-12(3,4)5/h1,6-9H2,2-5H3. The molecule has 0 heterocycles. The molecule has 0 fully saturated rings. The Labute approximate surface area is 92.5 Å². The van der Waals surface area contributed by atoms with Gasteiger partial charge in [-0.2, -0.15) is 0 Å². The summed E-state index contributed by atoms with van der Waals surface area (Å²) in [6, 6.07) is 0. The van der Waals surface area contributed by atoms with Gasteiger partial charge in [0.2, 0.25) is 0 Å². The highest BCUT2D eigenvalue weighted by Crippen LogP contribution is 2.10. The van der Waals surface area contributed by atoms with E-state index >= 15 is 0 Å². The van der Waals surface area contributed by atoms with E-state index in [9.17, 15) is 4.79 Å². The molecule has 88 valence electrons. The van der Waals surface area contributed by atoms with E-state index in [2.05, 4.69) is 6.58 Å². The molecule has 3 heteroatoms. The van der Waals surface area contributed by atoms with Crippen LogP contribution in [0, 0.1) is 0 Å². The largest absolute Gasteiger partial charge is 0.499 e. The molecule has 0 aliphatic heterocycles. The highest BCUT2D eigenvalue weighted by Gasteiger charge is 2.15. The van der Waals surface area contributed by atoms with Gasteiger partial charge in [-0.25, -0.2) is 0 Å². The van der Waals surface area contributed by atoms with Crippen molar-refractivity contribution in [2.45, 2.75) is 52.6 Å². The monoisotopic (exact) mass is 214 g/mol. The molecule has 15 heavy (non-hydrogen) atoms. The number of rotatable bonds is 6. The van der Waals surface area contributed by atoms with Gasteiger partial charge in [0.05, 0.1) is 12.4 Å². The van der Waals surface area contributed by atoms with Crippen LogP contribution in [-0.4, -0.2) is 18.2 Å². The van der Waals surface area contributed by atoms with Crippen molar-refractivity contribution in [3.05, 3.63) is 12.3 Å². The molecule has 0 aliphatic rings. The summed E-state index contributed by atoms with van der Waals surface area (Å²) in [7, 11) is 0. The molecule has 0 amide bonds. The van der Waals surface area contributed by atoms with Gasteiger partial charge in [-0.1, -0.05) is 6.58 Å². The molecule has 0 aromatic carbocycles. The number of carbonyl (C=O) groups excluding carboxylic acids is 1. The summed E-state index contributed by atoms with van der Waals surface area (Å²) in [6.45, 7) is 11.7. The summed E-state index contributed by atoms with van der Waals surface area (Å²) in [5, 5.41) is 0. The van der Waals surface area contributed by atoms with Crippen molar-refractivity contribution in [2.24, 2.45) is 0 Å². The van der Waals surface area contributed by atoms with Crippen LogP contribution in [0.15, 0.2) is 12.3 Å². The van der Waals surface area contributed by atoms with Crippen molar-refractivity contribution >= 4 is 5.97 Å². The van der Waals surface area contributed by atoms with E-state index in [0.717, 1.165) is 12.8 Å². The van der Waals surface area contributed by atoms with E-state index in [1.807, 2.05) is 27.7 Å². The molecule has 0 N–H and O–H groups in total. The van der Waals surface area contributed by atoms with E-state index in [1.165, 1.54) is 0 Å². The van der Waals surface area contributed by atoms with Gasteiger partial charge in [0.15, 0.2) is 0 Å². The molecular weight excluding hydrogens is 192 g/mol. The fourth-order valence-corrected chi connectivity index (χ4v) is 1.01. The molecule has 0 aliphatic carbocycles. The summed E-state index contributed by atoms with van der Waals surface area (Å²) in [5.74, 6) is 0.574. The lowest BCUT2D eigenvalue weighted by Crippen LogP contribution is -2.23. The van der Waals surface area contributed by atoms with Crippen LogP contribution in [0.4, 0.5) is 0 Å². The molecule has 0 saturated heterocycles. The van der Waals surface area contributed by atoms with E-state index in [-0.39, 0.29) is 11.6 Å². The lowest BCUT2D eigenvalue weighted by molar-refractivity contribution is -0.154. The first-order valence-corrected chi connectivity index (χ1v) is 5.31. The Bertz CT molecular complexity index is 213. The fraction of sp³-hybridized carbons (Fsp3) is 0.750. The van der Waals surface area contributed by atoms with E-state index in [1.54, 1.807) is 0 Å². The first-order chi connectivity index (χ1) is 6.81. The molecule has 0 bridgehead atoms. The normalized spacial score (nSPS) is 10.9. The van der Waals surface area contributed by atoms with Gasteiger partial charge in [0, 0.05) is 6.42 Å². The van der Waals surface area contributed by atoms with Gasteiger partial charge in [0.1, 0.15) is 5.60 Å². The second-order valence-electron chi connectivity index (χ2n) is 4.59. The highest BCUT2D eigenvalue weighted by molar-refractivity contribution is 5.69. The Kier molecular flexibility index (Phi) is 6.06. The number of unbranched alkanes of at least 4 members (excludes halogenated alkanes) is 1. The molecule has 0 atom stereocenters. The summed E-state index contributed by atoms with van der Waals surface area (Å²) in [5.41, 5.74) is -0.384. The predicted octanol–water partition coefficient (Wildman–Crippen LogP) is 3.05. The van der Waals surface area contributed by atoms with Gasteiger partial charge >= 0.3 is 5.97 Å². The zero-order valence-corrected chi connectivity index (χ0v) is 10.3. The number of ether oxygens (including phenoxy) is 2. The Morgan fingerprint density at radius 2 is 1.87 bits per heavy atom. The van der Waals surface area contributed by atoms with Crippen molar-refractivity contribution in [2.75, 3.05) is 6.61 Å². The van der Waals surface area contributed by atoms with E-state index in [0.29, 0.717) is 18.8 Å². The first kappa shape index (κ1) is 14.0.